The van der Waals surface area contributed by atoms with Crippen molar-refractivity contribution in [3.8, 4) is 0 Å². The molecule has 0 bridgehead atoms. The van der Waals surface area contributed by atoms with E-state index in [9.17, 15) is 9.59 Å². The van der Waals surface area contributed by atoms with Crippen LogP contribution in [0, 0.1) is 20.8 Å². The number of aromatic nitrogens is 2. The van der Waals surface area contributed by atoms with Crippen LogP contribution in [0.2, 0.25) is 0 Å². The first-order chi connectivity index (χ1) is 14.9. The van der Waals surface area contributed by atoms with Gasteiger partial charge in [-0.15, -0.1) is 0 Å². The van der Waals surface area contributed by atoms with E-state index in [1.54, 1.807) is 0 Å². The molecule has 1 aromatic carbocycles. The number of fused-ring (bicyclic) bond motifs is 1. The second-order valence-electron chi connectivity index (χ2n) is 8.69. The molecule has 1 aliphatic heterocycles. The molecule has 1 N–H and O–H groups in total. The van der Waals surface area contributed by atoms with Gasteiger partial charge in [0.1, 0.15) is 5.03 Å². The first-order valence-electron chi connectivity index (χ1n) is 11.2. The molecule has 2 aromatic rings. The number of aryl methyl sites for hydroxylation is 3. The minimum absolute atomic E-state index is 0.0741. The van der Waals surface area contributed by atoms with Crippen LogP contribution >= 0.6 is 11.8 Å². The van der Waals surface area contributed by atoms with Crippen molar-refractivity contribution in [1.29, 1.82) is 0 Å². The summed E-state index contributed by atoms with van der Waals surface area (Å²) in [6.07, 6.45) is 6.13. The molecule has 0 saturated carbocycles. The van der Waals surface area contributed by atoms with Crippen molar-refractivity contribution in [2.24, 2.45) is 0 Å². The number of rotatable bonds is 6. The van der Waals surface area contributed by atoms with Crippen LogP contribution in [0.5, 0.6) is 0 Å². The van der Waals surface area contributed by atoms with Gasteiger partial charge < -0.3 is 10.1 Å². The molecule has 2 aliphatic rings. The molecule has 1 atom stereocenters. The lowest BCUT2D eigenvalue weighted by Crippen LogP contribution is -2.34. The van der Waals surface area contributed by atoms with Gasteiger partial charge in [-0.2, -0.15) is 4.98 Å². The maximum atomic E-state index is 12.8. The fourth-order valence-electron chi connectivity index (χ4n) is 4.73. The van der Waals surface area contributed by atoms with Gasteiger partial charge in [-0.1, -0.05) is 29.5 Å². The average molecular weight is 442 g/mol. The number of hydrogen-bond donors (Lipinski definition) is 1. The van der Waals surface area contributed by atoms with E-state index in [-0.39, 0.29) is 23.5 Å². The molecule has 1 fully saturated rings. The summed E-state index contributed by atoms with van der Waals surface area (Å²) in [4.78, 5) is 29.9. The number of nitrogens with zero attached hydrogens (tertiary/aromatic N) is 2. The van der Waals surface area contributed by atoms with Crippen LogP contribution in [0.3, 0.4) is 0 Å². The van der Waals surface area contributed by atoms with Crippen LogP contribution in [0.1, 0.15) is 53.6 Å². The summed E-state index contributed by atoms with van der Waals surface area (Å²) in [7, 11) is 0. The van der Waals surface area contributed by atoms with Crippen LogP contribution in [-0.2, 0) is 28.9 Å². The maximum Gasteiger partial charge on any atom is 0.348 e. The zero-order valence-electron chi connectivity index (χ0n) is 18.6. The standard InChI is InChI=1S/C24H31N3O3S/c1-15-11-16(2)22(17(3)12-15)25-21(28)14-31-23-19-8-4-5-9-20(19)27(24(29)26-23)13-18-7-6-10-30-18/h11-12,18H,4-10,13-14H2,1-3H3,(H,25,28). The van der Waals surface area contributed by atoms with E-state index in [1.807, 2.05) is 18.4 Å². The molecule has 1 saturated heterocycles. The van der Waals surface area contributed by atoms with Gasteiger partial charge >= 0.3 is 5.69 Å². The minimum atomic E-state index is -0.218. The highest BCUT2D eigenvalue weighted by Crippen LogP contribution is 2.29. The van der Waals surface area contributed by atoms with E-state index in [2.05, 4.69) is 29.4 Å². The van der Waals surface area contributed by atoms with Crippen molar-refractivity contribution in [3.05, 3.63) is 50.6 Å². The van der Waals surface area contributed by atoms with Crippen molar-refractivity contribution in [1.82, 2.24) is 9.55 Å². The number of ether oxygens (including phenoxy) is 1. The first-order valence-corrected chi connectivity index (χ1v) is 12.2. The average Bonchev–Trinajstić information content (AvgIpc) is 3.25. The van der Waals surface area contributed by atoms with Crippen LogP contribution in [0.15, 0.2) is 22.0 Å². The molecule has 0 spiro atoms. The summed E-state index contributed by atoms with van der Waals surface area (Å²) in [5.41, 5.74) is 6.19. The highest BCUT2D eigenvalue weighted by Gasteiger charge is 2.24. The summed E-state index contributed by atoms with van der Waals surface area (Å²) < 4.78 is 7.58. The maximum absolute atomic E-state index is 12.8. The van der Waals surface area contributed by atoms with Gasteiger partial charge in [-0.05, 0) is 70.4 Å². The summed E-state index contributed by atoms with van der Waals surface area (Å²) >= 11 is 1.38. The van der Waals surface area contributed by atoms with Crippen molar-refractivity contribution in [3.63, 3.8) is 0 Å². The van der Waals surface area contributed by atoms with Gasteiger partial charge in [-0.3, -0.25) is 9.36 Å². The summed E-state index contributed by atoms with van der Waals surface area (Å²) in [6.45, 7) is 7.43. The van der Waals surface area contributed by atoms with Gasteiger partial charge in [0.25, 0.3) is 0 Å². The van der Waals surface area contributed by atoms with Crippen LogP contribution in [0.25, 0.3) is 0 Å². The number of amides is 1. The molecule has 1 aliphatic carbocycles. The van der Waals surface area contributed by atoms with E-state index in [0.29, 0.717) is 6.54 Å². The molecule has 0 radical (unpaired) electrons. The number of carbonyl (C=O) groups excluding carboxylic acids is 1. The Labute approximate surface area is 187 Å². The number of anilines is 1. The van der Waals surface area contributed by atoms with Gasteiger partial charge in [0.05, 0.1) is 18.4 Å². The fourth-order valence-corrected chi connectivity index (χ4v) is 5.61. The highest BCUT2D eigenvalue weighted by atomic mass is 32.2. The molecule has 31 heavy (non-hydrogen) atoms. The van der Waals surface area contributed by atoms with Crippen LogP contribution in [-0.4, -0.2) is 33.9 Å². The number of hydrogen-bond acceptors (Lipinski definition) is 5. The Kier molecular flexibility index (Phi) is 6.82. The Hall–Kier alpha value is -2.12. The van der Waals surface area contributed by atoms with Crippen LogP contribution < -0.4 is 11.0 Å². The smallest absolute Gasteiger partial charge is 0.348 e. The molecular formula is C24H31N3O3S. The summed E-state index contributed by atoms with van der Waals surface area (Å²) in [5.74, 6) is 0.163. The number of benzene rings is 1. The van der Waals surface area contributed by atoms with E-state index >= 15 is 0 Å². The number of nitrogens with one attached hydrogen (secondary N) is 1. The van der Waals surface area contributed by atoms with E-state index < -0.39 is 0 Å². The van der Waals surface area contributed by atoms with Crippen molar-refractivity contribution in [2.45, 2.75) is 77.0 Å². The third-order valence-electron chi connectivity index (χ3n) is 6.14. The lowest BCUT2D eigenvalue weighted by atomic mass is 9.97. The summed E-state index contributed by atoms with van der Waals surface area (Å²) in [6, 6.07) is 4.14. The van der Waals surface area contributed by atoms with Crippen molar-refractivity contribution < 1.29 is 9.53 Å². The van der Waals surface area contributed by atoms with E-state index in [1.165, 1.54) is 17.3 Å². The van der Waals surface area contributed by atoms with Crippen LogP contribution in [0.4, 0.5) is 5.69 Å². The largest absolute Gasteiger partial charge is 0.376 e. The second kappa shape index (κ2) is 9.57. The monoisotopic (exact) mass is 441 g/mol. The van der Waals surface area contributed by atoms with E-state index in [4.69, 9.17) is 4.74 Å². The topological polar surface area (TPSA) is 73.2 Å². The third-order valence-corrected chi connectivity index (χ3v) is 7.16. The Morgan fingerprint density at radius 3 is 2.65 bits per heavy atom. The fraction of sp³-hybridized carbons (Fsp3) is 0.542. The molecule has 1 amide bonds. The molecule has 1 unspecified atom stereocenters. The van der Waals surface area contributed by atoms with Crippen molar-refractivity contribution in [2.75, 3.05) is 17.7 Å². The Bertz CT molecular complexity index is 1020. The molecule has 2 heterocycles. The zero-order valence-corrected chi connectivity index (χ0v) is 19.4. The molecule has 1 aromatic heterocycles. The first kappa shape index (κ1) is 22.1. The number of carbonyl (C=O) groups is 1. The molecule has 7 heteroatoms. The Balaban J connectivity index is 1.50. The Morgan fingerprint density at radius 1 is 1.19 bits per heavy atom. The van der Waals surface area contributed by atoms with E-state index in [0.717, 1.165) is 78.2 Å². The molecule has 4 rings (SSSR count). The summed E-state index contributed by atoms with van der Waals surface area (Å²) in [5, 5.41) is 3.76. The SMILES string of the molecule is Cc1cc(C)c(NC(=O)CSc2nc(=O)n(CC3CCCO3)c3c2CCCC3)c(C)c1. The normalized spacial score (nSPS) is 18.1. The van der Waals surface area contributed by atoms with Gasteiger partial charge in [-0.25, -0.2) is 4.79 Å². The minimum Gasteiger partial charge on any atom is -0.376 e. The number of thioether (sulfide) groups is 1. The van der Waals surface area contributed by atoms with Gasteiger partial charge in [0, 0.05) is 23.6 Å². The lowest BCUT2D eigenvalue weighted by molar-refractivity contribution is -0.113. The second-order valence-corrected chi connectivity index (χ2v) is 9.65. The van der Waals surface area contributed by atoms with Gasteiger partial charge in [0.15, 0.2) is 0 Å². The quantitative estimate of drug-likeness (QED) is 0.543. The predicted octanol–water partition coefficient (Wildman–Crippen LogP) is 3.96. The molecule has 166 valence electrons. The predicted molar refractivity (Wildman–Crippen MR) is 124 cm³/mol. The molecular weight excluding hydrogens is 410 g/mol. The van der Waals surface area contributed by atoms with Crippen molar-refractivity contribution >= 4 is 23.4 Å². The lowest BCUT2D eigenvalue weighted by Gasteiger charge is -2.24. The third kappa shape index (κ3) is 5.04. The zero-order chi connectivity index (χ0) is 22.0. The molecule has 6 nitrogen and oxygen atoms in total. The van der Waals surface area contributed by atoms with Gasteiger partial charge in [0.2, 0.25) is 5.91 Å². The highest BCUT2D eigenvalue weighted by molar-refractivity contribution is 8.00. The Morgan fingerprint density at radius 2 is 1.94 bits per heavy atom.